The quantitative estimate of drug-likeness (QED) is 0.390. The lowest BCUT2D eigenvalue weighted by Crippen LogP contribution is -2.00. The van der Waals surface area contributed by atoms with Crippen molar-refractivity contribution in [2.24, 2.45) is 0 Å². The molecule has 0 heterocycles. The first-order valence-electron chi connectivity index (χ1n) is 9.83. The van der Waals surface area contributed by atoms with Crippen molar-refractivity contribution in [3.8, 4) is 17.2 Å². The average molecular weight is 394 g/mol. The van der Waals surface area contributed by atoms with Gasteiger partial charge in [0.15, 0.2) is 5.78 Å². The molecule has 3 heteroatoms. The van der Waals surface area contributed by atoms with Crippen molar-refractivity contribution in [3.63, 3.8) is 0 Å². The second-order valence-electron chi connectivity index (χ2n) is 7.31. The molecule has 3 nitrogen and oxygen atoms in total. The fourth-order valence-electron chi connectivity index (χ4n) is 3.21. The van der Waals surface area contributed by atoms with E-state index in [2.05, 4.69) is 43.3 Å². The maximum absolute atomic E-state index is 12.5. The van der Waals surface area contributed by atoms with Crippen LogP contribution in [0.4, 0.5) is 0 Å². The monoisotopic (exact) mass is 394 g/mol. The number of carbonyl (C=O) groups excluding carboxylic acids is 1. The lowest BCUT2D eigenvalue weighted by molar-refractivity contribution is 0.103. The Labute approximate surface area is 176 Å². The van der Waals surface area contributed by atoms with E-state index in [1.165, 1.54) is 28.8 Å². The van der Waals surface area contributed by atoms with E-state index in [9.17, 15) is 9.90 Å². The summed E-state index contributed by atoms with van der Waals surface area (Å²) in [5.74, 6) is 1.46. The molecule has 0 aliphatic carbocycles. The van der Waals surface area contributed by atoms with Crippen molar-refractivity contribution in [1.82, 2.24) is 0 Å². The molecule has 0 atom stereocenters. The Bertz CT molecular complexity index is 1120. The number of rotatable bonds is 6. The molecule has 0 amide bonds. The van der Waals surface area contributed by atoms with Crippen LogP contribution in [0.25, 0.3) is 0 Å². The summed E-state index contributed by atoms with van der Waals surface area (Å²) >= 11 is 0. The SMILES string of the molecule is Cc1ccc(Cc2ccc(Oc3ccc(C(=O)c4ccc(O)cc4)cc3)cc2)cc1. The molecular weight excluding hydrogens is 372 g/mol. The van der Waals surface area contributed by atoms with Crippen LogP contribution in [0.1, 0.15) is 32.6 Å². The predicted octanol–water partition coefficient (Wildman–Crippen LogP) is 6.31. The van der Waals surface area contributed by atoms with Gasteiger partial charge < -0.3 is 9.84 Å². The highest BCUT2D eigenvalue weighted by molar-refractivity contribution is 6.09. The number of aromatic hydroxyl groups is 1. The molecule has 4 aromatic rings. The Morgan fingerprint density at radius 1 is 0.667 bits per heavy atom. The number of benzene rings is 4. The largest absolute Gasteiger partial charge is 0.508 e. The van der Waals surface area contributed by atoms with Crippen molar-refractivity contribution in [1.29, 1.82) is 0 Å². The minimum atomic E-state index is -0.0954. The van der Waals surface area contributed by atoms with Gasteiger partial charge in [-0.15, -0.1) is 0 Å². The average Bonchev–Trinajstić information content (AvgIpc) is 2.77. The molecule has 0 bridgehead atoms. The molecule has 0 aliphatic rings. The van der Waals surface area contributed by atoms with Crippen LogP contribution in [-0.2, 0) is 6.42 Å². The minimum absolute atomic E-state index is 0.0954. The smallest absolute Gasteiger partial charge is 0.193 e. The van der Waals surface area contributed by atoms with Crippen LogP contribution in [0, 0.1) is 6.92 Å². The van der Waals surface area contributed by atoms with Gasteiger partial charge >= 0.3 is 0 Å². The van der Waals surface area contributed by atoms with Crippen LogP contribution in [0.2, 0.25) is 0 Å². The first kappa shape index (κ1) is 19.5. The zero-order chi connectivity index (χ0) is 20.9. The van der Waals surface area contributed by atoms with Crippen LogP contribution in [0.3, 0.4) is 0 Å². The lowest BCUT2D eigenvalue weighted by Gasteiger charge is -2.08. The van der Waals surface area contributed by atoms with E-state index in [4.69, 9.17) is 4.74 Å². The van der Waals surface area contributed by atoms with E-state index >= 15 is 0 Å². The van der Waals surface area contributed by atoms with Gasteiger partial charge in [-0.2, -0.15) is 0 Å². The number of ether oxygens (including phenoxy) is 1. The topological polar surface area (TPSA) is 46.5 Å². The van der Waals surface area contributed by atoms with Gasteiger partial charge in [0.05, 0.1) is 0 Å². The van der Waals surface area contributed by atoms with Crippen molar-refractivity contribution in [3.05, 3.63) is 125 Å². The fourth-order valence-corrected chi connectivity index (χ4v) is 3.21. The molecule has 0 saturated carbocycles. The Balaban J connectivity index is 1.40. The van der Waals surface area contributed by atoms with Crippen LogP contribution >= 0.6 is 0 Å². The standard InChI is InChI=1S/C27H22O3/c1-19-2-4-20(5-3-19)18-21-6-14-25(15-7-21)30-26-16-10-23(11-17-26)27(29)22-8-12-24(28)13-9-22/h2-17,28H,18H2,1H3. The normalized spacial score (nSPS) is 10.6. The van der Waals surface area contributed by atoms with Gasteiger partial charge in [-0.25, -0.2) is 0 Å². The molecule has 0 radical (unpaired) electrons. The molecule has 1 N–H and O–H groups in total. The summed E-state index contributed by atoms with van der Waals surface area (Å²) in [7, 11) is 0. The number of aryl methyl sites for hydroxylation is 1. The van der Waals surface area contributed by atoms with E-state index in [-0.39, 0.29) is 11.5 Å². The molecule has 0 aromatic heterocycles. The third-order valence-corrected chi connectivity index (χ3v) is 4.93. The fraction of sp³-hybridized carbons (Fsp3) is 0.0741. The molecule has 0 spiro atoms. The van der Waals surface area contributed by atoms with Crippen LogP contribution in [0.15, 0.2) is 97.1 Å². The molecule has 0 fully saturated rings. The van der Waals surface area contributed by atoms with Crippen molar-refractivity contribution in [2.45, 2.75) is 13.3 Å². The van der Waals surface area contributed by atoms with E-state index in [1.807, 2.05) is 12.1 Å². The van der Waals surface area contributed by atoms with Gasteiger partial charge in [-0.05, 0) is 85.1 Å². The summed E-state index contributed by atoms with van der Waals surface area (Å²) in [6.45, 7) is 2.09. The first-order valence-corrected chi connectivity index (χ1v) is 9.83. The van der Waals surface area contributed by atoms with Crippen molar-refractivity contribution in [2.75, 3.05) is 0 Å². The zero-order valence-corrected chi connectivity index (χ0v) is 16.7. The lowest BCUT2D eigenvalue weighted by atomic mass is 10.0. The molecule has 148 valence electrons. The van der Waals surface area contributed by atoms with Gasteiger partial charge in [0, 0.05) is 11.1 Å². The molecule has 0 aliphatic heterocycles. The van der Waals surface area contributed by atoms with Crippen LogP contribution < -0.4 is 4.74 Å². The number of hydrogen-bond acceptors (Lipinski definition) is 3. The van der Waals surface area contributed by atoms with Crippen molar-refractivity contribution >= 4 is 5.78 Å². The Hall–Kier alpha value is -3.85. The third kappa shape index (κ3) is 4.76. The van der Waals surface area contributed by atoms with Crippen LogP contribution in [0.5, 0.6) is 17.2 Å². The highest BCUT2D eigenvalue weighted by Crippen LogP contribution is 2.24. The predicted molar refractivity (Wildman–Crippen MR) is 118 cm³/mol. The van der Waals surface area contributed by atoms with E-state index in [0.29, 0.717) is 16.9 Å². The summed E-state index contributed by atoms with van der Waals surface area (Å²) in [6.07, 6.45) is 0.884. The second kappa shape index (κ2) is 8.66. The Kier molecular flexibility index (Phi) is 5.62. The number of hydrogen-bond donors (Lipinski definition) is 1. The summed E-state index contributed by atoms with van der Waals surface area (Å²) in [5.41, 5.74) is 4.87. The molecular formula is C27H22O3. The maximum atomic E-state index is 12.5. The van der Waals surface area contributed by atoms with Gasteiger partial charge in [-0.3, -0.25) is 4.79 Å². The second-order valence-corrected chi connectivity index (χ2v) is 7.31. The van der Waals surface area contributed by atoms with Gasteiger partial charge in [0.1, 0.15) is 17.2 Å². The zero-order valence-electron chi connectivity index (χ0n) is 16.7. The molecule has 0 saturated heterocycles. The number of phenols is 1. The van der Waals surface area contributed by atoms with Crippen LogP contribution in [-0.4, -0.2) is 10.9 Å². The molecule has 30 heavy (non-hydrogen) atoms. The number of carbonyl (C=O) groups is 1. The highest BCUT2D eigenvalue weighted by atomic mass is 16.5. The summed E-state index contributed by atoms with van der Waals surface area (Å²) in [4.78, 5) is 12.5. The molecule has 4 rings (SSSR count). The minimum Gasteiger partial charge on any atom is -0.508 e. The number of ketones is 1. The number of phenolic OH excluding ortho intramolecular Hbond substituents is 1. The van der Waals surface area contributed by atoms with Gasteiger partial charge in [-0.1, -0.05) is 42.0 Å². The van der Waals surface area contributed by atoms with Gasteiger partial charge in [0.2, 0.25) is 0 Å². The first-order chi connectivity index (χ1) is 14.6. The highest BCUT2D eigenvalue weighted by Gasteiger charge is 2.09. The van der Waals surface area contributed by atoms with E-state index in [0.717, 1.165) is 12.2 Å². The van der Waals surface area contributed by atoms with E-state index < -0.39 is 0 Å². The van der Waals surface area contributed by atoms with Crippen molar-refractivity contribution < 1.29 is 14.6 Å². The summed E-state index contributed by atoms with van der Waals surface area (Å²) in [5, 5.41) is 9.36. The molecule has 0 unspecified atom stereocenters. The van der Waals surface area contributed by atoms with E-state index in [1.54, 1.807) is 36.4 Å². The molecule has 4 aromatic carbocycles. The summed E-state index contributed by atoms with van der Waals surface area (Å²) < 4.78 is 5.91. The maximum Gasteiger partial charge on any atom is 0.193 e. The Morgan fingerprint density at radius 2 is 1.10 bits per heavy atom. The van der Waals surface area contributed by atoms with Gasteiger partial charge in [0.25, 0.3) is 0 Å². The third-order valence-electron chi connectivity index (χ3n) is 4.93. The Morgan fingerprint density at radius 3 is 1.63 bits per heavy atom. The summed E-state index contributed by atoms with van der Waals surface area (Å²) in [6, 6.07) is 29.9.